The molecule has 0 atom stereocenters. The van der Waals surface area contributed by atoms with Gasteiger partial charge in [0.1, 0.15) is 0 Å². The van der Waals surface area contributed by atoms with Gasteiger partial charge in [-0.15, -0.1) is 0 Å². The fourth-order valence-corrected chi connectivity index (χ4v) is 6.40. The van der Waals surface area contributed by atoms with Crippen LogP contribution in [0.1, 0.15) is 13.7 Å². The highest BCUT2D eigenvalue weighted by Gasteiger charge is 2.20. The first-order valence-electron chi connectivity index (χ1n) is 18.1. The molecule has 0 fully saturated rings. The largest absolute Gasteiger partial charge is 0.0630 e. The first kappa shape index (κ1) is 14.3. The summed E-state index contributed by atoms with van der Waals surface area (Å²) in [5.41, 5.74) is 1.75. The van der Waals surface area contributed by atoms with E-state index in [9.17, 15) is 6.85 Å². The molecule has 0 bridgehead atoms. The van der Waals surface area contributed by atoms with E-state index in [2.05, 4.69) is 6.07 Å². The molecule has 0 aromatic heterocycles. The van der Waals surface area contributed by atoms with Crippen molar-refractivity contribution in [3.05, 3.63) is 145 Å². The zero-order chi connectivity index (χ0) is 34.9. The summed E-state index contributed by atoms with van der Waals surface area (Å²) in [4.78, 5) is 0. The third kappa shape index (κ3) is 2.91. The molecular weight excluding hydrogens is 480 g/mol. The molecule has 0 N–H and O–H groups in total. The minimum atomic E-state index is -0.523. The van der Waals surface area contributed by atoms with Crippen LogP contribution in [0.2, 0.25) is 0 Å². The van der Waals surface area contributed by atoms with E-state index < -0.39 is 42.3 Å². The zero-order valence-electron chi connectivity index (χ0n) is 31.1. The van der Waals surface area contributed by atoms with Crippen LogP contribution in [-0.4, -0.2) is 0 Å². The van der Waals surface area contributed by atoms with Gasteiger partial charge in [-0.05, 0) is 86.9 Å². The lowest BCUT2D eigenvalue weighted by molar-refractivity contribution is 1.67. The van der Waals surface area contributed by atoms with Gasteiger partial charge in [0.2, 0.25) is 0 Å². The quantitative estimate of drug-likeness (QED) is 0.159. The molecule has 0 amide bonds. The van der Waals surface area contributed by atoms with Gasteiger partial charge in [0.15, 0.2) is 0 Å². The first-order chi connectivity index (χ1) is 24.0. The minimum Gasteiger partial charge on any atom is -0.0622 e. The fourth-order valence-electron chi connectivity index (χ4n) is 6.40. The Labute approximate surface area is 246 Å². The Kier molecular flexibility index (Phi) is 2.91. The summed E-state index contributed by atoms with van der Waals surface area (Å²) in [5.74, 6) is 0. The molecule has 0 spiro atoms. The predicted molar refractivity (Wildman–Crippen MR) is 174 cm³/mol. The van der Waals surface area contributed by atoms with Crippen LogP contribution in [0.3, 0.4) is 0 Å². The Balaban J connectivity index is 1.69. The lowest BCUT2D eigenvalue weighted by Gasteiger charge is -2.21. The van der Waals surface area contributed by atoms with E-state index in [1.54, 1.807) is 24.3 Å². The summed E-state index contributed by atoms with van der Waals surface area (Å²) < 4.78 is 90.3. The Bertz CT molecular complexity index is 2950. The first-order valence-corrected chi connectivity index (χ1v) is 13.1. The lowest BCUT2D eigenvalue weighted by Crippen LogP contribution is -1.93. The number of hydrogen-bond donors (Lipinski definition) is 0. The van der Waals surface area contributed by atoms with E-state index in [4.69, 9.17) is 6.85 Å². The molecule has 184 valence electrons. The van der Waals surface area contributed by atoms with Crippen LogP contribution in [0.4, 0.5) is 0 Å². The van der Waals surface area contributed by atoms with Crippen LogP contribution >= 0.6 is 0 Å². The number of hydrogen-bond acceptors (Lipinski definition) is 0. The van der Waals surface area contributed by atoms with Gasteiger partial charge in [0.25, 0.3) is 0 Å². The molecule has 40 heavy (non-hydrogen) atoms. The molecule has 0 heterocycles. The van der Waals surface area contributed by atoms with E-state index in [0.717, 1.165) is 32.3 Å². The Morgan fingerprint density at radius 1 is 0.350 bits per heavy atom. The average Bonchev–Trinajstić information content (AvgIpc) is 3.14. The molecule has 0 saturated carbocycles. The van der Waals surface area contributed by atoms with Crippen molar-refractivity contribution in [2.45, 2.75) is 0 Å². The number of rotatable bonds is 2. The van der Waals surface area contributed by atoms with Crippen LogP contribution in [0.5, 0.6) is 0 Å². The van der Waals surface area contributed by atoms with Gasteiger partial charge in [-0.25, -0.2) is 0 Å². The smallest absolute Gasteiger partial charge is 0.0622 e. The molecule has 0 radical (unpaired) electrons. The third-order valence-electron chi connectivity index (χ3n) is 8.05. The molecule has 0 nitrogen and oxygen atoms in total. The topological polar surface area (TPSA) is 0 Å². The van der Waals surface area contributed by atoms with Gasteiger partial charge in [-0.1, -0.05) is 145 Å². The van der Waals surface area contributed by atoms with E-state index in [1.165, 1.54) is 0 Å². The van der Waals surface area contributed by atoms with Crippen molar-refractivity contribution in [3.8, 4) is 22.3 Å². The standard InChI is InChI=1S/C40H24/c1-2-10-26(11-3-1)37-31-15-6-7-16-32(31)40(39-30-14-5-4-9-25(30)19-24-35(37)39)34-23-21-29-18-17-27-12-8-13-28-20-22-33(34)38(29)36(27)28/h1-24H/i4D,5D,6D,7D,9D,14D,15D,16D,19D,24D. The zero-order valence-corrected chi connectivity index (χ0v) is 21.1. The highest BCUT2D eigenvalue weighted by Crippen LogP contribution is 2.48. The van der Waals surface area contributed by atoms with Crippen molar-refractivity contribution in [2.24, 2.45) is 0 Å². The van der Waals surface area contributed by atoms with Crippen LogP contribution in [0, 0.1) is 0 Å². The molecule has 0 aliphatic carbocycles. The van der Waals surface area contributed by atoms with Gasteiger partial charge in [-0.2, -0.15) is 0 Å². The van der Waals surface area contributed by atoms with Crippen molar-refractivity contribution in [3.63, 3.8) is 0 Å². The van der Waals surface area contributed by atoms with E-state index in [-0.39, 0.29) is 50.4 Å². The molecule has 0 saturated heterocycles. The van der Waals surface area contributed by atoms with Crippen molar-refractivity contribution in [1.82, 2.24) is 0 Å². The average molecular weight is 515 g/mol. The molecule has 0 aliphatic rings. The van der Waals surface area contributed by atoms with Crippen molar-refractivity contribution >= 4 is 64.6 Å². The highest BCUT2D eigenvalue weighted by atomic mass is 14.2. The van der Waals surface area contributed by atoms with Crippen molar-refractivity contribution in [1.29, 1.82) is 0 Å². The molecule has 0 unspecified atom stereocenters. The molecule has 0 heteroatoms. The van der Waals surface area contributed by atoms with E-state index >= 15 is 0 Å². The Morgan fingerprint density at radius 3 is 1.80 bits per heavy atom. The van der Waals surface area contributed by atoms with Gasteiger partial charge in [0, 0.05) is 0 Å². The van der Waals surface area contributed by atoms with Gasteiger partial charge < -0.3 is 0 Å². The number of fused-ring (bicyclic) bond motifs is 4. The highest BCUT2D eigenvalue weighted by molar-refractivity contribution is 6.32. The number of benzene rings is 9. The van der Waals surface area contributed by atoms with Crippen LogP contribution < -0.4 is 0 Å². The van der Waals surface area contributed by atoms with E-state index in [0.29, 0.717) is 22.3 Å². The fraction of sp³-hybridized carbons (Fsp3) is 0. The SMILES string of the molecule is [2H]c1c([2H])c([2H])c2c(-c3ccc4ccc5cccc6ccc3c4c56)c3c(c([2H])c([2H])c4c([2H])c([2H])c([2H])c([2H])c43)c(-c3ccccc3)c2c1[2H]. The summed E-state index contributed by atoms with van der Waals surface area (Å²) >= 11 is 0. The normalized spacial score (nSPS) is 15.5. The summed E-state index contributed by atoms with van der Waals surface area (Å²) in [6.45, 7) is 0. The predicted octanol–water partition coefficient (Wildman–Crippen LogP) is 11.4. The second-order valence-electron chi connectivity index (χ2n) is 10.1. The van der Waals surface area contributed by atoms with Crippen LogP contribution in [0.25, 0.3) is 86.9 Å². The third-order valence-corrected chi connectivity index (χ3v) is 8.05. The monoisotopic (exact) mass is 514 g/mol. The summed E-state index contributed by atoms with van der Waals surface area (Å²) in [6.07, 6.45) is 0. The maximum atomic E-state index is 9.51. The van der Waals surface area contributed by atoms with Crippen LogP contribution in [0.15, 0.2) is 145 Å². The summed E-state index contributed by atoms with van der Waals surface area (Å²) in [5, 5.41) is 6.44. The van der Waals surface area contributed by atoms with Gasteiger partial charge in [-0.3, -0.25) is 0 Å². The van der Waals surface area contributed by atoms with Crippen LogP contribution in [-0.2, 0) is 0 Å². The maximum Gasteiger partial charge on any atom is 0.0630 e. The maximum absolute atomic E-state index is 9.51. The van der Waals surface area contributed by atoms with E-state index in [1.807, 2.05) is 54.6 Å². The van der Waals surface area contributed by atoms with Crippen molar-refractivity contribution < 1.29 is 13.7 Å². The summed E-state index contributed by atoms with van der Waals surface area (Å²) in [7, 11) is 0. The minimum absolute atomic E-state index is 0.0270. The lowest BCUT2D eigenvalue weighted by atomic mass is 9.82. The second kappa shape index (κ2) is 8.15. The molecule has 9 aromatic carbocycles. The van der Waals surface area contributed by atoms with Gasteiger partial charge >= 0.3 is 0 Å². The Hall–Kier alpha value is -5.20. The molecular formula is C40H24. The molecule has 9 aromatic rings. The Morgan fingerprint density at radius 2 is 1.00 bits per heavy atom. The molecule has 0 aliphatic heterocycles. The summed E-state index contributed by atoms with van der Waals surface area (Å²) in [6, 6.07) is 22.9. The van der Waals surface area contributed by atoms with Gasteiger partial charge in [0.05, 0.1) is 13.7 Å². The second-order valence-corrected chi connectivity index (χ2v) is 10.1. The van der Waals surface area contributed by atoms with Crippen molar-refractivity contribution in [2.75, 3.05) is 0 Å². The molecule has 9 rings (SSSR count).